The predicted molar refractivity (Wildman–Crippen MR) is 73.7 cm³/mol. The number of nitrogens with zero attached hydrogens (tertiary/aromatic N) is 3. The van der Waals surface area contributed by atoms with E-state index in [9.17, 15) is 14.7 Å². The van der Waals surface area contributed by atoms with Crippen LogP contribution in [0.1, 0.15) is 23.4 Å². The third-order valence-electron chi connectivity index (χ3n) is 3.90. The van der Waals surface area contributed by atoms with Crippen molar-refractivity contribution >= 4 is 12.0 Å². The monoisotopic (exact) mass is 296 g/mol. The van der Waals surface area contributed by atoms with Gasteiger partial charge in [-0.3, -0.25) is 4.68 Å². The zero-order valence-corrected chi connectivity index (χ0v) is 12.3. The maximum atomic E-state index is 12.1. The van der Waals surface area contributed by atoms with Gasteiger partial charge < -0.3 is 20.4 Å². The van der Waals surface area contributed by atoms with Crippen molar-refractivity contribution in [3.8, 4) is 0 Å². The van der Waals surface area contributed by atoms with Crippen LogP contribution in [0.15, 0.2) is 0 Å². The molecule has 2 atom stereocenters. The molecule has 2 amide bonds. The molecular formula is C13H20N4O4. The number of carbonyl (C=O) groups excluding carboxylic acids is 1. The molecule has 0 radical (unpaired) electrons. The van der Waals surface area contributed by atoms with Crippen LogP contribution in [-0.2, 0) is 18.4 Å². The van der Waals surface area contributed by atoms with Gasteiger partial charge >= 0.3 is 12.0 Å². The Morgan fingerprint density at radius 1 is 1.43 bits per heavy atom. The van der Waals surface area contributed by atoms with Crippen LogP contribution in [0, 0.1) is 13.8 Å². The molecule has 8 nitrogen and oxygen atoms in total. The van der Waals surface area contributed by atoms with E-state index in [0.29, 0.717) is 0 Å². The lowest BCUT2D eigenvalue weighted by atomic mass is 10.2. The Bertz CT molecular complexity index is 569. The second kappa shape index (κ2) is 5.72. The van der Waals surface area contributed by atoms with E-state index in [1.165, 1.54) is 0 Å². The van der Waals surface area contributed by atoms with Crippen molar-refractivity contribution in [2.24, 2.45) is 7.05 Å². The van der Waals surface area contributed by atoms with E-state index in [1.807, 2.05) is 20.9 Å². The van der Waals surface area contributed by atoms with Crippen molar-refractivity contribution in [2.75, 3.05) is 6.54 Å². The number of urea groups is 1. The largest absolute Gasteiger partial charge is 0.480 e. The van der Waals surface area contributed by atoms with Gasteiger partial charge in [-0.2, -0.15) is 5.10 Å². The maximum absolute atomic E-state index is 12.1. The standard InChI is InChI=1S/C13H20N4O4/c1-7-10(8(2)16(3)15-7)5-14-13(21)17-6-9(18)4-11(17)12(19)20/h9,11,18H,4-6H2,1-3H3,(H,14,21)(H,19,20)/t9-,11-/m0/s1. The summed E-state index contributed by atoms with van der Waals surface area (Å²) in [5.74, 6) is -1.10. The molecular weight excluding hydrogens is 276 g/mol. The highest BCUT2D eigenvalue weighted by Gasteiger charge is 2.38. The highest BCUT2D eigenvalue weighted by Crippen LogP contribution is 2.18. The number of aliphatic hydroxyl groups is 1. The van der Waals surface area contributed by atoms with E-state index in [2.05, 4.69) is 10.4 Å². The minimum atomic E-state index is -1.10. The molecule has 0 bridgehead atoms. The minimum Gasteiger partial charge on any atom is -0.480 e. The number of hydrogen-bond acceptors (Lipinski definition) is 4. The molecule has 2 rings (SSSR count). The molecule has 1 aliphatic heterocycles. The Hall–Kier alpha value is -2.09. The number of carboxylic acid groups (broad SMARTS) is 1. The number of β-amino-alcohol motifs (C(OH)–C–C–N with tert-alkyl or cyclic N) is 1. The number of aliphatic hydroxyl groups excluding tert-OH is 1. The summed E-state index contributed by atoms with van der Waals surface area (Å²) in [6.07, 6.45) is -0.730. The van der Waals surface area contributed by atoms with E-state index in [-0.39, 0.29) is 19.5 Å². The maximum Gasteiger partial charge on any atom is 0.326 e. The Labute approximate surface area is 122 Å². The summed E-state index contributed by atoms with van der Waals surface area (Å²) in [6.45, 7) is 4.08. The van der Waals surface area contributed by atoms with E-state index in [1.54, 1.807) is 4.68 Å². The molecule has 3 N–H and O–H groups in total. The number of likely N-dealkylation sites (tertiary alicyclic amines) is 1. The van der Waals surface area contributed by atoms with Crippen molar-refractivity contribution in [2.45, 2.75) is 39.0 Å². The molecule has 116 valence electrons. The van der Waals surface area contributed by atoms with Gasteiger partial charge in [-0.05, 0) is 13.8 Å². The van der Waals surface area contributed by atoms with Crippen LogP contribution in [0.25, 0.3) is 0 Å². The van der Waals surface area contributed by atoms with E-state index in [4.69, 9.17) is 5.11 Å². The summed E-state index contributed by atoms with van der Waals surface area (Å²) in [5, 5.41) is 25.6. The minimum absolute atomic E-state index is 0.0355. The molecule has 1 saturated heterocycles. The average molecular weight is 296 g/mol. The van der Waals surface area contributed by atoms with Gasteiger partial charge in [0.05, 0.1) is 11.8 Å². The van der Waals surface area contributed by atoms with Crippen molar-refractivity contribution in [1.29, 1.82) is 0 Å². The van der Waals surface area contributed by atoms with Crippen molar-refractivity contribution in [3.63, 3.8) is 0 Å². The predicted octanol–water partition coefficient (Wildman–Crippen LogP) is -0.234. The summed E-state index contributed by atoms with van der Waals surface area (Å²) >= 11 is 0. The van der Waals surface area contributed by atoms with Gasteiger partial charge in [0, 0.05) is 37.8 Å². The van der Waals surface area contributed by atoms with Gasteiger partial charge in [0.1, 0.15) is 6.04 Å². The number of amides is 2. The molecule has 21 heavy (non-hydrogen) atoms. The van der Waals surface area contributed by atoms with Crippen molar-refractivity contribution < 1.29 is 19.8 Å². The zero-order valence-electron chi connectivity index (χ0n) is 12.3. The van der Waals surface area contributed by atoms with E-state index < -0.39 is 24.1 Å². The first-order valence-electron chi connectivity index (χ1n) is 6.75. The van der Waals surface area contributed by atoms with E-state index >= 15 is 0 Å². The molecule has 2 heterocycles. The normalized spacial score (nSPS) is 21.6. The fourth-order valence-corrected chi connectivity index (χ4v) is 2.61. The SMILES string of the molecule is Cc1nn(C)c(C)c1CNC(=O)N1C[C@@H](O)C[C@H]1C(=O)O. The highest BCUT2D eigenvalue weighted by molar-refractivity contribution is 5.83. The Balaban J connectivity index is 2.03. The van der Waals surface area contributed by atoms with Crippen LogP contribution in [0.4, 0.5) is 4.79 Å². The quantitative estimate of drug-likeness (QED) is 0.714. The van der Waals surface area contributed by atoms with Crippen LogP contribution in [0.2, 0.25) is 0 Å². The first-order chi connectivity index (χ1) is 9.81. The lowest BCUT2D eigenvalue weighted by Gasteiger charge is -2.21. The summed E-state index contributed by atoms with van der Waals surface area (Å²) < 4.78 is 1.73. The molecule has 1 aromatic rings. The van der Waals surface area contributed by atoms with Gasteiger partial charge in [-0.15, -0.1) is 0 Å². The number of aromatic nitrogens is 2. The number of carbonyl (C=O) groups is 2. The lowest BCUT2D eigenvalue weighted by molar-refractivity contribution is -0.141. The average Bonchev–Trinajstić information content (AvgIpc) is 2.90. The summed E-state index contributed by atoms with van der Waals surface area (Å²) in [5.41, 5.74) is 2.69. The fraction of sp³-hybridized carbons (Fsp3) is 0.615. The smallest absolute Gasteiger partial charge is 0.326 e. The van der Waals surface area contributed by atoms with Gasteiger partial charge in [0.15, 0.2) is 0 Å². The van der Waals surface area contributed by atoms with Crippen LogP contribution >= 0.6 is 0 Å². The molecule has 0 unspecified atom stereocenters. The molecule has 8 heteroatoms. The molecule has 1 aliphatic rings. The molecule has 0 aromatic carbocycles. The summed E-state index contributed by atoms with van der Waals surface area (Å²) in [6, 6.07) is -1.46. The van der Waals surface area contributed by atoms with Gasteiger partial charge in [0.25, 0.3) is 0 Å². The van der Waals surface area contributed by atoms with Crippen LogP contribution < -0.4 is 5.32 Å². The molecule has 0 aliphatic carbocycles. The number of hydrogen-bond donors (Lipinski definition) is 3. The van der Waals surface area contributed by atoms with Crippen molar-refractivity contribution in [1.82, 2.24) is 20.0 Å². The second-order valence-corrected chi connectivity index (χ2v) is 5.33. The van der Waals surface area contributed by atoms with Gasteiger partial charge in [0.2, 0.25) is 0 Å². The first-order valence-corrected chi connectivity index (χ1v) is 6.75. The molecule has 0 saturated carbocycles. The second-order valence-electron chi connectivity index (χ2n) is 5.33. The number of nitrogens with one attached hydrogen (secondary N) is 1. The summed E-state index contributed by atoms with van der Waals surface area (Å²) in [4.78, 5) is 24.4. The number of rotatable bonds is 3. The van der Waals surface area contributed by atoms with Crippen LogP contribution in [-0.4, -0.2) is 55.6 Å². The lowest BCUT2D eigenvalue weighted by Crippen LogP contribution is -2.46. The van der Waals surface area contributed by atoms with Crippen molar-refractivity contribution in [3.05, 3.63) is 17.0 Å². The van der Waals surface area contributed by atoms with Crippen LogP contribution in [0.5, 0.6) is 0 Å². The third kappa shape index (κ3) is 2.99. The fourth-order valence-electron chi connectivity index (χ4n) is 2.61. The van der Waals surface area contributed by atoms with Gasteiger partial charge in [-0.1, -0.05) is 0 Å². The first kappa shape index (κ1) is 15.3. The Kier molecular flexibility index (Phi) is 4.17. The zero-order chi connectivity index (χ0) is 15.7. The van der Waals surface area contributed by atoms with Crippen LogP contribution in [0.3, 0.4) is 0 Å². The van der Waals surface area contributed by atoms with E-state index in [0.717, 1.165) is 21.9 Å². The molecule has 1 aromatic heterocycles. The third-order valence-corrected chi connectivity index (χ3v) is 3.90. The summed E-state index contributed by atoms with van der Waals surface area (Å²) in [7, 11) is 1.82. The number of aliphatic carboxylic acids is 1. The highest BCUT2D eigenvalue weighted by atomic mass is 16.4. The Morgan fingerprint density at radius 2 is 2.10 bits per heavy atom. The number of aryl methyl sites for hydroxylation is 2. The van der Waals surface area contributed by atoms with Gasteiger partial charge in [-0.25, -0.2) is 9.59 Å². The Morgan fingerprint density at radius 3 is 2.62 bits per heavy atom. The topological polar surface area (TPSA) is 108 Å². The number of carboxylic acids is 1. The molecule has 0 spiro atoms. The molecule has 1 fully saturated rings.